The lowest BCUT2D eigenvalue weighted by atomic mass is 9.83. The number of ketones is 1. The van der Waals surface area contributed by atoms with Gasteiger partial charge >= 0.3 is 0 Å². The SMILES string of the molecule is O=C1CC2CCCC(C1)N2c1ccc(F)c(F)c1F. The minimum Gasteiger partial charge on any atom is -0.362 e. The largest absolute Gasteiger partial charge is 0.362 e. The molecule has 2 bridgehead atoms. The smallest absolute Gasteiger partial charge is 0.196 e. The van der Waals surface area contributed by atoms with Gasteiger partial charge in [0.1, 0.15) is 5.78 Å². The Morgan fingerprint density at radius 3 is 2.26 bits per heavy atom. The summed E-state index contributed by atoms with van der Waals surface area (Å²) in [5, 5.41) is 0. The van der Waals surface area contributed by atoms with Crippen LogP contribution in [0, 0.1) is 17.5 Å². The summed E-state index contributed by atoms with van der Waals surface area (Å²) >= 11 is 0. The molecule has 5 heteroatoms. The lowest BCUT2D eigenvalue weighted by Gasteiger charge is -2.47. The highest BCUT2D eigenvalue weighted by Gasteiger charge is 2.39. The summed E-state index contributed by atoms with van der Waals surface area (Å²) in [6.07, 6.45) is 3.32. The van der Waals surface area contributed by atoms with E-state index in [0.717, 1.165) is 25.3 Å². The number of carbonyl (C=O) groups excluding carboxylic acids is 1. The Balaban J connectivity index is 2.02. The first kappa shape index (κ1) is 12.5. The van der Waals surface area contributed by atoms with Gasteiger partial charge in [0.25, 0.3) is 0 Å². The summed E-state index contributed by atoms with van der Waals surface area (Å²) in [6.45, 7) is 0. The fraction of sp³-hybridized carbons (Fsp3) is 0.500. The number of benzene rings is 1. The standard InChI is InChI=1S/C14H14F3NO/c15-11-4-5-12(14(17)13(11)16)18-8-2-1-3-9(18)7-10(19)6-8/h4-5,8-9H,1-3,6-7H2. The molecule has 2 aliphatic heterocycles. The molecule has 0 aliphatic carbocycles. The highest BCUT2D eigenvalue weighted by Crippen LogP contribution is 2.38. The molecule has 2 fully saturated rings. The Morgan fingerprint density at radius 2 is 1.63 bits per heavy atom. The molecule has 0 amide bonds. The number of halogens is 3. The first-order valence-electron chi connectivity index (χ1n) is 6.51. The number of hydrogen-bond acceptors (Lipinski definition) is 2. The molecular formula is C14H14F3NO. The third kappa shape index (κ3) is 2.01. The Bertz CT molecular complexity index is 516. The van der Waals surface area contributed by atoms with Crippen LogP contribution in [-0.2, 0) is 4.79 Å². The van der Waals surface area contributed by atoms with Gasteiger partial charge in [-0.15, -0.1) is 0 Å². The van der Waals surface area contributed by atoms with Crippen molar-refractivity contribution in [3.63, 3.8) is 0 Å². The van der Waals surface area contributed by atoms with Crippen LogP contribution in [0.3, 0.4) is 0 Å². The highest BCUT2D eigenvalue weighted by molar-refractivity contribution is 5.82. The van der Waals surface area contributed by atoms with Gasteiger partial charge in [-0.2, -0.15) is 0 Å². The zero-order chi connectivity index (χ0) is 13.6. The van der Waals surface area contributed by atoms with E-state index in [0.29, 0.717) is 12.8 Å². The molecule has 0 aromatic heterocycles. The second-order valence-electron chi connectivity index (χ2n) is 5.29. The predicted molar refractivity (Wildman–Crippen MR) is 64.5 cm³/mol. The quantitative estimate of drug-likeness (QED) is 0.730. The molecule has 2 aliphatic rings. The van der Waals surface area contributed by atoms with E-state index >= 15 is 0 Å². The van der Waals surface area contributed by atoms with Crippen LogP contribution in [0.15, 0.2) is 12.1 Å². The average Bonchev–Trinajstić information content (AvgIpc) is 2.36. The molecule has 102 valence electrons. The van der Waals surface area contributed by atoms with Crippen LogP contribution in [0.5, 0.6) is 0 Å². The van der Waals surface area contributed by atoms with Crippen LogP contribution in [0.4, 0.5) is 18.9 Å². The molecule has 0 saturated carbocycles. The van der Waals surface area contributed by atoms with Crippen molar-refractivity contribution in [3.05, 3.63) is 29.6 Å². The van der Waals surface area contributed by atoms with Crippen molar-refractivity contribution >= 4 is 11.5 Å². The highest BCUT2D eigenvalue weighted by atomic mass is 19.2. The fourth-order valence-electron chi connectivity index (χ4n) is 3.28. The maximum atomic E-state index is 13.9. The van der Waals surface area contributed by atoms with E-state index in [1.54, 1.807) is 4.90 Å². The first-order valence-corrected chi connectivity index (χ1v) is 6.51. The van der Waals surface area contributed by atoms with Gasteiger partial charge in [-0.25, -0.2) is 13.2 Å². The molecule has 0 spiro atoms. The third-order valence-electron chi connectivity index (χ3n) is 4.08. The lowest BCUT2D eigenvalue weighted by molar-refractivity contribution is -0.121. The summed E-state index contributed by atoms with van der Waals surface area (Å²) in [4.78, 5) is 13.4. The molecule has 19 heavy (non-hydrogen) atoms. The molecule has 1 aromatic carbocycles. The summed E-state index contributed by atoms with van der Waals surface area (Å²) in [7, 11) is 0. The number of carbonyl (C=O) groups is 1. The minimum atomic E-state index is -1.44. The molecule has 2 unspecified atom stereocenters. The van der Waals surface area contributed by atoms with Crippen molar-refractivity contribution in [2.24, 2.45) is 0 Å². The Labute approximate surface area is 109 Å². The second kappa shape index (κ2) is 4.54. The number of rotatable bonds is 1. The topological polar surface area (TPSA) is 20.3 Å². The van der Waals surface area contributed by atoms with Gasteiger partial charge in [0.05, 0.1) is 5.69 Å². The maximum Gasteiger partial charge on any atom is 0.196 e. The molecule has 2 saturated heterocycles. The van der Waals surface area contributed by atoms with Crippen LogP contribution in [0.1, 0.15) is 32.1 Å². The summed E-state index contributed by atoms with van der Waals surface area (Å²) in [6, 6.07) is 2.05. The average molecular weight is 269 g/mol. The van der Waals surface area contributed by atoms with E-state index in [9.17, 15) is 18.0 Å². The zero-order valence-corrected chi connectivity index (χ0v) is 10.3. The summed E-state index contributed by atoms with van der Waals surface area (Å²) < 4.78 is 40.3. The van der Waals surface area contributed by atoms with Crippen LogP contribution in [0.25, 0.3) is 0 Å². The minimum absolute atomic E-state index is 0.0839. The van der Waals surface area contributed by atoms with Crippen molar-refractivity contribution in [2.45, 2.75) is 44.2 Å². The van der Waals surface area contributed by atoms with Crippen molar-refractivity contribution in [1.29, 1.82) is 0 Å². The van der Waals surface area contributed by atoms with Gasteiger partial charge < -0.3 is 4.90 Å². The third-order valence-corrected chi connectivity index (χ3v) is 4.08. The van der Waals surface area contributed by atoms with Crippen molar-refractivity contribution < 1.29 is 18.0 Å². The van der Waals surface area contributed by atoms with E-state index in [1.807, 2.05) is 0 Å². The molecule has 0 N–H and O–H groups in total. The fourth-order valence-corrected chi connectivity index (χ4v) is 3.28. The number of anilines is 1. The number of Topliss-reactive ketones (excluding diaryl/α,β-unsaturated/α-hetero) is 1. The molecule has 1 aromatic rings. The molecule has 2 nitrogen and oxygen atoms in total. The van der Waals surface area contributed by atoms with Gasteiger partial charge in [0.2, 0.25) is 0 Å². The number of nitrogens with zero attached hydrogens (tertiary/aromatic N) is 1. The van der Waals surface area contributed by atoms with Gasteiger partial charge in [-0.3, -0.25) is 4.79 Å². The van der Waals surface area contributed by atoms with Gasteiger partial charge in [-0.1, -0.05) is 0 Å². The van der Waals surface area contributed by atoms with Gasteiger partial charge in [-0.05, 0) is 31.4 Å². The number of fused-ring (bicyclic) bond motifs is 2. The second-order valence-corrected chi connectivity index (χ2v) is 5.29. The lowest BCUT2D eigenvalue weighted by Crippen LogP contribution is -2.53. The molecule has 0 radical (unpaired) electrons. The van der Waals surface area contributed by atoms with E-state index in [1.165, 1.54) is 6.07 Å². The van der Waals surface area contributed by atoms with Crippen LogP contribution in [-0.4, -0.2) is 17.9 Å². The predicted octanol–water partition coefficient (Wildman–Crippen LogP) is 3.19. The van der Waals surface area contributed by atoms with Crippen molar-refractivity contribution in [3.8, 4) is 0 Å². The molecule has 2 atom stereocenters. The Morgan fingerprint density at radius 1 is 1.00 bits per heavy atom. The first-order chi connectivity index (χ1) is 9.08. The number of piperidine rings is 2. The van der Waals surface area contributed by atoms with E-state index < -0.39 is 17.5 Å². The molecule has 2 heterocycles. The Kier molecular flexibility index (Phi) is 2.99. The van der Waals surface area contributed by atoms with Crippen LogP contribution in [0.2, 0.25) is 0 Å². The van der Waals surface area contributed by atoms with E-state index in [-0.39, 0.29) is 23.6 Å². The van der Waals surface area contributed by atoms with Crippen LogP contribution >= 0.6 is 0 Å². The monoisotopic (exact) mass is 269 g/mol. The molecular weight excluding hydrogens is 255 g/mol. The van der Waals surface area contributed by atoms with Crippen LogP contribution < -0.4 is 4.90 Å². The summed E-state index contributed by atoms with van der Waals surface area (Å²) in [5.74, 6) is -3.59. The van der Waals surface area contributed by atoms with Gasteiger partial charge in [0, 0.05) is 24.9 Å². The van der Waals surface area contributed by atoms with E-state index in [4.69, 9.17) is 0 Å². The maximum absolute atomic E-state index is 13.9. The Hall–Kier alpha value is -1.52. The van der Waals surface area contributed by atoms with Crippen molar-refractivity contribution in [2.75, 3.05) is 4.90 Å². The normalized spacial score (nSPS) is 26.7. The number of hydrogen-bond donors (Lipinski definition) is 0. The zero-order valence-electron chi connectivity index (χ0n) is 10.3. The van der Waals surface area contributed by atoms with Gasteiger partial charge in [0.15, 0.2) is 17.5 Å². The van der Waals surface area contributed by atoms with E-state index in [2.05, 4.69) is 0 Å². The molecule has 3 rings (SSSR count). The summed E-state index contributed by atoms with van der Waals surface area (Å²) in [5.41, 5.74) is 0.0844. The van der Waals surface area contributed by atoms with Crippen molar-refractivity contribution in [1.82, 2.24) is 0 Å².